The molecular weight excluding hydrogens is 266 g/mol. The zero-order chi connectivity index (χ0) is 15.3. The fourth-order valence-electron chi connectivity index (χ4n) is 3.35. The van der Waals surface area contributed by atoms with E-state index in [4.69, 9.17) is 4.74 Å². The number of hydrogen-bond donors (Lipinski definition) is 2. The van der Waals surface area contributed by atoms with E-state index in [0.717, 1.165) is 32.1 Å². The van der Waals surface area contributed by atoms with Crippen LogP contribution in [0.2, 0.25) is 0 Å². The molecule has 1 aliphatic rings. The fourth-order valence-corrected chi connectivity index (χ4v) is 3.35. The smallest absolute Gasteiger partial charge is 0.412 e. The van der Waals surface area contributed by atoms with Gasteiger partial charge in [0.2, 0.25) is 0 Å². The molecule has 1 saturated carbocycles. The number of phenols is 1. The first kappa shape index (κ1) is 15.7. The van der Waals surface area contributed by atoms with Gasteiger partial charge in [0.25, 0.3) is 0 Å². The number of hydrogen-bond acceptors (Lipinski definition) is 3. The molecule has 4 heteroatoms. The van der Waals surface area contributed by atoms with Gasteiger partial charge in [-0.15, -0.1) is 0 Å². The molecule has 2 unspecified atom stereocenters. The minimum Gasteiger partial charge on any atom is -0.506 e. The van der Waals surface area contributed by atoms with E-state index in [1.807, 2.05) is 0 Å². The molecule has 1 aliphatic carbocycles. The van der Waals surface area contributed by atoms with Crippen LogP contribution in [-0.4, -0.2) is 16.8 Å². The molecule has 0 bridgehead atoms. The molecule has 1 amide bonds. The molecule has 0 spiro atoms. The van der Waals surface area contributed by atoms with Gasteiger partial charge in [0.05, 0.1) is 5.69 Å². The Labute approximate surface area is 126 Å². The number of carbonyl (C=O) groups is 1. The van der Waals surface area contributed by atoms with E-state index in [1.54, 1.807) is 24.3 Å². The van der Waals surface area contributed by atoms with Crippen molar-refractivity contribution in [2.24, 2.45) is 5.92 Å². The summed E-state index contributed by atoms with van der Waals surface area (Å²) in [5, 5.41) is 12.3. The van der Waals surface area contributed by atoms with Crippen molar-refractivity contribution >= 4 is 11.8 Å². The van der Waals surface area contributed by atoms with Crippen molar-refractivity contribution in [2.75, 3.05) is 5.32 Å². The third kappa shape index (κ3) is 4.13. The predicted molar refractivity (Wildman–Crippen MR) is 83.5 cm³/mol. The molecule has 116 valence electrons. The lowest BCUT2D eigenvalue weighted by molar-refractivity contribution is -0.0301. The maximum atomic E-state index is 12.2. The number of aromatic hydroxyl groups is 1. The average Bonchev–Trinajstić information content (AvgIpc) is 2.41. The van der Waals surface area contributed by atoms with Crippen LogP contribution >= 0.6 is 0 Å². The highest BCUT2D eigenvalue weighted by atomic mass is 16.6. The van der Waals surface area contributed by atoms with Crippen LogP contribution in [0.1, 0.15) is 52.4 Å². The van der Waals surface area contributed by atoms with Crippen molar-refractivity contribution in [3.63, 3.8) is 0 Å². The Bertz CT molecular complexity index is 485. The largest absolute Gasteiger partial charge is 0.506 e. The first-order valence-electron chi connectivity index (χ1n) is 7.82. The summed E-state index contributed by atoms with van der Waals surface area (Å²) in [6.45, 7) is 4.33. The van der Waals surface area contributed by atoms with Crippen LogP contribution in [0.3, 0.4) is 0 Å². The van der Waals surface area contributed by atoms with Crippen molar-refractivity contribution in [3.8, 4) is 5.75 Å². The fraction of sp³-hybridized carbons (Fsp3) is 0.588. The molecule has 0 saturated heterocycles. The maximum Gasteiger partial charge on any atom is 0.412 e. The summed E-state index contributed by atoms with van der Waals surface area (Å²) in [5.41, 5.74) is 0.0407. The normalized spacial score (nSPS) is 25.3. The molecule has 2 rings (SSSR count). The zero-order valence-corrected chi connectivity index (χ0v) is 12.9. The Hall–Kier alpha value is -1.71. The van der Waals surface area contributed by atoms with Gasteiger partial charge >= 0.3 is 6.09 Å². The Morgan fingerprint density at radius 2 is 2.24 bits per heavy atom. The summed E-state index contributed by atoms with van der Waals surface area (Å²) in [6.07, 6.45) is 5.58. The van der Waals surface area contributed by atoms with Crippen LogP contribution in [0.4, 0.5) is 10.5 Å². The third-order valence-corrected chi connectivity index (χ3v) is 4.21. The predicted octanol–water partition coefficient (Wildman–Crippen LogP) is 4.69. The van der Waals surface area contributed by atoms with Crippen LogP contribution in [-0.2, 0) is 4.74 Å². The van der Waals surface area contributed by atoms with E-state index < -0.39 is 6.09 Å². The Morgan fingerprint density at radius 1 is 1.48 bits per heavy atom. The van der Waals surface area contributed by atoms with E-state index in [9.17, 15) is 9.90 Å². The molecule has 1 aromatic carbocycles. The minimum absolute atomic E-state index is 0.0519. The number of phenolic OH excluding ortho intramolecular Hbond substituents is 1. The zero-order valence-electron chi connectivity index (χ0n) is 12.9. The molecule has 4 nitrogen and oxygen atoms in total. The summed E-state index contributed by atoms with van der Waals surface area (Å²) in [4.78, 5) is 12.2. The molecule has 21 heavy (non-hydrogen) atoms. The summed E-state index contributed by atoms with van der Waals surface area (Å²) in [7, 11) is 0. The lowest BCUT2D eigenvalue weighted by Crippen LogP contribution is -2.40. The second-order valence-corrected chi connectivity index (χ2v) is 6.17. The van der Waals surface area contributed by atoms with E-state index in [2.05, 4.69) is 19.2 Å². The Balaban J connectivity index is 2.03. The number of rotatable bonds is 4. The summed E-state index contributed by atoms with van der Waals surface area (Å²) in [6, 6.07) is 6.68. The van der Waals surface area contributed by atoms with Gasteiger partial charge in [-0.25, -0.2) is 4.79 Å². The maximum absolute atomic E-state index is 12.2. The highest BCUT2D eigenvalue weighted by Gasteiger charge is 2.37. The molecule has 2 N–H and O–H groups in total. The summed E-state index contributed by atoms with van der Waals surface area (Å²) < 4.78 is 5.79. The minimum atomic E-state index is -0.473. The van der Waals surface area contributed by atoms with E-state index in [1.165, 1.54) is 6.42 Å². The van der Waals surface area contributed by atoms with Gasteiger partial charge in [-0.1, -0.05) is 38.8 Å². The number of amides is 1. The molecule has 1 aromatic rings. The van der Waals surface area contributed by atoms with Crippen LogP contribution < -0.4 is 5.32 Å². The molecule has 0 heterocycles. The van der Waals surface area contributed by atoms with Gasteiger partial charge in [-0.05, 0) is 43.7 Å². The number of nitrogens with one attached hydrogen (secondary N) is 1. The number of ether oxygens (including phenoxy) is 1. The van der Waals surface area contributed by atoms with Gasteiger partial charge in [-0.2, -0.15) is 0 Å². The van der Waals surface area contributed by atoms with Crippen LogP contribution in [0.25, 0.3) is 0 Å². The Morgan fingerprint density at radius 3 is 2.90 bits per heavy atom. The summed E-state index contributed by atoms with van der Waals surface area (Å²) >= 11 is 0. The van der Waals surface area contributed by atoms with Crippen LogP contribution in [0.15, 0.2) is 24.3 Å². The lowest BCUT2D eigenvalue weighted by atomic mass is 9.76. The monoisotopic (exact) mass is 291 g/mol. The standard InChI is InChI=1S/C17H25NO3/c1-3-10-17(11-6-7-13(2)12-17)21-16(20)18-14-8-4-5-9-15(14)19/h4-5,8-9,13,19H,3,6-7,10-12H2,1-2H3,(H,18,20). The highest BCUT2D eigenvalue weighted by Crippen LogP contribution is 2.38. The van der Waals surface area contributed by atoms with Gasteiger partial charge in [-0.3, -0.25) is 5.32 Å². The van der Waals surface area contributed by atoms with Crippen molar-refractivity contribution in [1.82, 2.24) is 0 Å². The molecular formula is C17H25NO3. The SMILES string of the molecule is CCCC1(OC(=O)Nc2ccccc2O)CCCC(C)C1. The Kier molecular flexibility index (Phi) is 5.10. The average molecular weight is 291 g/mol. The number of para-hydroxylation sites is 2. The molecule has 0 aliphatic heterocycles. The highest BCUT2D eigenvalue weighted by molar-refractivity contribution is 5.86. The van der Waals surface area contributed by atoms with Crippen molar-refractivity contribution in [1.29, 1.82) is 0 Å². The van der Waals surface area contributed by atoms with Gasteiger partial charge in [0, 0.05) is 0 Å². The van der Waals surface area contributed by atoms with Gasteiger partial charge in [0.1, 0.15) is 11.4 Å². The number of carbonyl (C=O) groups excluding carboxylic acids is 1. The van der Waals surface area contributed by atoms with Crippen molar-refractivity contribution in [2.45, 2.75) is 58.0 Å². The first-order valence-corrected chi connectivity index (χ1v) is 7.82. The van der Waals surface area contributed by atoms with E-state index in [-0.39, 0.29) is 11.4 Å². The van der Waals surface area contributed by atoms with Crippen molar-refractivity contribution < 1.29 is 14.6 Å². The summed E-state index contributed by atoms with van der Waals surface area (Å²) in [5.74, 6) is 0.638. The second kappa shape index (κ2) is 6.83. The van der Waals surface area contributed by atoms with E-state index >= 15 is 0 Å². The van der Waals surface area contributed by atoms with Crippen LogP contribution in [0.5, 0.6) is 5.75 Å². The van der Waals surface area contributed by atoms with Gasteiger partial charge in [0.15, 0.2) is 0 Å². The molecule has 1 fully saturated rings. The van der Waals surface area contributed by atoms with Crippen molar-refractivity contribution in [3.05, 3.63) is 24.3 Å². The molecule has 0 radical (unpaired) electrons. The molecule has 0 aromatic heterocycles. The third-order valence-electron chi connectivity index (χ3n) is 4.21. The quantitative estimate of drug-likeness (QED) is 0.791. The number of benzene rings is 1. The molecule has 2 atom stereocenters. The second-order valence-electron chi connectivity index (χ2n) is 6.17. The topological polar surface area (TPSA) is 58.6 Å². The van der Waals surface area contributed by atoms with Crippen LogP contribution in [0, 0.1) is 5.92 Å². The first-order chi connectivity index (χ1) is 10.0. The lowest BCUT2D eigenvalue weighted by Gasteiger charge is -2.39. The van der Waals surface area contributed by atoms with E-state index in [0.29, 0.717) is 11.6 Å². The van der Waals surface area contributed by atoms with Gasteiger partial charge < -0.3 is 9.84 Å². The number of anilines is 1.